The maximum Gasteiger partial charge on any atom is 0.0967 e. The summed E-state index contributed by atoms with van der Waals surface area (Å²) in [5.41, 5.74) is 0.541. The van der Waals surface area contributed by atoms with Crippen molar-refractivity contribution in [2.24, 2.45) is 0 Å². The predicted octanol–water partition coefficient (Wildman–Crippen LogP) is 0.453. The molecule has 0 bridgehead atoms. The molecule has 1 aromatic rings. The minimum Gasteiger partial charge on any atom is -0.386 e. The number of anilines is 1. The van der Waals surface area contributed by atoms with E-state index in [1.54, 1.807) is 12.3 Å². The first-order valence-corrected chi connectivity index (χ1v) is 3.97. The highest BCUT2D eigenvalue weighted by atomic mass is 16.3. The summed E-state index contributed by atoms with van der Waals surface area (Å²) in [5.74, 6) is 0. The van der Waals surface area contributed by atoms with Crippen LogP contribution in [0.1, 0.15) is 6.92 Å². The van der Waals surface area contributed by atoms with Crippen LogP contribution in [0.25, 0.3) is 0 Å². The molecule has 3 nitrogen and oxygen atoms in total. The predicted molar refractivity (Wildman–Crippen MR) is 45.9 cm³/mol. The fourth-order valence-electron chi connectivity index (χ4n) is 1.46. The lowest BCUT2D eigenvalue weighted by molar-refractivity contribution is 0.0310. The second-order valence-electron chi connectivity index (χ2n) is 3.50. The molecule has 1 fully saturated rings. The van der Waals surface area contributed by atoms with Crippen LogP contribution in [-0.4, -0.2) is 28.8 Å². The van der Waals surface area contributed by atoms with Gasteiger partial charge in [0.25, 0.3) is 0 Å². The van der Waals surface area contributed by atoms with Crippen molar-refractivity contribution < 1.29 is 5.11 Å². The molecule has 1 aliphatic heterocycles. The first-order valence-electron chi connectivity index (χ1n) is 3.97. The van der Waals surface area contributed by atoms with E-state index >= 15 is 0 Å². The summed E-state index contributed by atoms with van der Waals surface area (Å²) >= 11 is 0. The van der Waals surface area contributed by atoms with Gasteiger partial charge in [0.2, 0.25) is 0 Å². The number of hydrogen-bond acceptors (Lipinski definition) is 3. The SMILES string of the molecule is CC1(O)CN(c2cc[c]nc2)C1. The molecule has 0 spiro atoms. The number of pyridine rings is 1. The fourth-order valence-corrected chi connectivity index (χ4v) is 1.46. The van der Waals surface area contributed by atoms with Crippen LogP contribution in [0.15, 0.2) is 18.3 Å². The molecule has 0 aromatic carbocycles. The van der Waals surface area contributed by atoms with Crippen molar-refractivity contribution in [2.45, 2.75) is 12.5 Å². The van der Waals surface area contributed by atoms with Gasteiger partial charge in [-0.05, 0) is 19.1 Å². The Hall–Kier alpha value is -1.09. The first-order chi connectivity index (χ1) is 5.67. The van der Waals surface area contributed by atoms with Crippen LogP contribution in [-0.2, 0) is 0 Å². The molecule has 2 heterocycles. The molecule has 1 aromatic heterocycles. The van der Waals surface area contributed by atoms with Gasteiger partial charge >= 0.3 is 0 Å². The molecule has 1 radical (unpaired) electrons. The van der Waals surface area contributed by atoms with Gasteiger partial charge in [0, 0.05) is 13.1 Å². The molecule has 2 rings (SSSR count). The molecule has 0 atom stereocenters. The second kappa shape index (κ2) is 2.45. The minimum atomic E-state index is -0.514. The van der Waals surface area contributed by atoms with Gasteiger partial charge in [-0.3, -0.25) is 4.98 Å². The minimum absolute atomic E-state index is 0.514. The highest BCUT2D eigenvalue weighted by Crippen LogP contribution is 2.25. The number of nitrogens with zero attached hydrogens (tertiary/aromatic N) is 2. The molecule has 3 heteroatoms. The molecule has 0 unspecified atom stereocenters. The van der Waals surface area contributed by atoms with E-state index in [2.05, 4.69) is 16.1 Å². The third-order valence-corrected chi connectivity index (χ3v) is 2.03. The van der Waals surface area contributed by atoms with E-state index in [9.17, 15) is 5.11 Å². The summed E-state index contributed by atoms with van der Waals surface area (Å²) in [6, 6.07) is 3.73. The average molecular weight is 163 g/mol. The van der Waals surface area contributed by atoms with Crippen LogP contribution >= 0.6 is 0 Å². The summed E-state index contributed by atoms with van der Waals surface area (Å²) in [6.45, 7) is 3.23. The number of aliphatic hydroxyl groups is 1. The molecule has 63 valence electrons. The third kappa shape index (κ3) is 1.28. The van der Waals surface area contributed by atoms with E-state index in [1.807, 2.05) is 13.0 Å². The van der Waals surface area contributed by atoms with E-state index in [0.29, 0.717) is 13.1 Å². The standard InChI is InChI=1S/C9H11N2O/c1-9(12)6-11(7-9)8-3-2-4-10-5-8/h2-3,5,12H,6-7H2,1H3. The van der Waals surface area contributed by atoms with E-state index < -0.39 is 5.60 Å². The van der Waals surface area contributed by atoms with Gasteiger partial charge in [0.05, 0.1) is 23.7 Å². The van der Waals surface area contributed by atoms with Crippen LogP contribution < -0.4 is 4.90 Å². The molecule has 0 aliphatic carbocycles. The van der Waals surface area contributed by atoms with Crippen LogP contribution in [0.5, 0.6) is 0 Å². The summed E-state index contributed by atoms with van der Waals surface area (Å²) in [5, 5.41) is 9.48. The van der Waals surface area contributed by atoms with Crippen molar-refractivity contribution >= 4 is 5.69 Å². The lowest BCUT2D eigenvalue weighted by Crippen LogP contribution is -2.60. The smallest absolute Gasteiger partial charge is 0.0967 e. The van der Waals surface area contributed by atoms with Crippen LogP contribution in [0.2, 0.25) is 0 Å². The molecule has 1 saturated heterocycles. The van der Waals surface area contributed by atoms with Crippen molar-refractivity contribution in [3.05, 3.63) is 24.5 Å². The van der Waals surface area contributed by atoms with Gasteiger partial charge < -0.3 is 10.0 Å². The van der Waals surface area contributed by atoms with E-state index in [-0.39, 0.29) is 0 Å². The molecule has 12 heavy (non-hydrogen) atoms. The number of hydrogen-bond donors (Lipinski definition) is 1. The average Bonchev–Trinajstić information content (AvgIpc) is 2.02. The van der Waals surface area contributed by atoms with Crippen molar-refractivity contribution in [3.8, 4) is 0 Å². The van der Waals surface area contributed by atoms with E-state index in [0.717, 1.165) is 5.69 Å². The largest absolute Gasteiger partial charge is 0.386 e. The second-order valence-corrected chi connectivity index (χ2v) is 3.50. The van der Waals surface area contributed by atoms with E-state index in [1.165, 1.54) is 0 Å². The maximum atomic E-state index is 9.48. The van der Waals surface area contributed by atoms with E-state index in [4.69, 9.17) is 0 Å². The van der Waals surface area contributed by atoms with Crippen molar-refractivity contribution in [3.63, 3.8) is 0 Å². The maximum absolute atomic E-state index is 9.48. The first kappa shape index (κ1) is 7.55. The normalized spacial score (nSPS) is 20.3. The van der Waals surface area contributed by atoms with Crippen LogP contribution in [0.4, 0.5) is 5.69 Å². The van der Waals surface area contributed by atoms with Crippen molar-refractivity contribution in [1.82, 2.24) is 4.98 Å². The topological polar surface area (TPSA) is 36.4 Å². The summed E-state index contributed by atoms with van der Waals surface area (Å²) in [7, 11) is 0. The highest BCUT2D eigenvalue weighted by Gasteiger charge is 2.36. The Morgan fingerprint density at radius 2 is 2.42 bits per heavy atom. The number of rotatable bonds is 1. The Labute approximate surface area is 71.7 Å². The molecular formula is C9H11N2O. The quantitative estimate of drug-likeness (QED) is 0.653. The Morgan fingerprint density at radius 3 is 2.92 bits per heavy atom. The number of β-amino-alcohol motifs (C(OH)–C–C–N with tert-alkyl or cyclic N) is 1. The molecule has 0 amide bonds. The Morgan fingerprint density at radius 1 is 1.67 bits per heavy atom. The zero-order valence-electron chi connectivity index (χ0n) is 6.99. The van der Waals surface area contributed by atoms with Crippen LogP contribution in [0, 0.1) is 6.20 Å². The Kier molecular flexibility index (Phi) is 1.54. The summed E-state index contributed by atoms with van der Waals surface area (Å²) in [4.78, 5) is 5.97. The van der Waals surface area contributed by atoms with Gasteiger partial charge in [0.1, 0.15) is 0 Å². The van der Waals surface area contributed by atoms with Crippen molar-refractivity contribution in [1.29, 1.82) is 0 Å². The zero-order chi connectivity index (χ0) is 8.60. The molecule has 1 aliphatic rings. The third-order valence-electron chi connectivity index (χ3n) is 2.03. The fraction of sp³-hybridized carbons (Fsp3) is 0.444. The van der Waals surface area contributed by atoms with Crippen molar-refractivity contribution in [2.75, 3.05) is 18.0 Å². The number of aromatic nitrogens is 1. The van der Waals surface area contributed by atoms with Gasteiger partial charge in [-0.25, -0.2) is 0 Å². The lowest BCUT2D eigenvalue weighted by Gasteiger charge is -2.45. The van der Waals surface area contributed by atoms with Gasteiger partial charge in [0.15, 0.2) is 0 Å². The van der Waals surface area contributed by atoms with Gasteiger partial charge in [-0.1, -0.05) is 0 Å². The highest BCUT2D eigenvalue weighted by molar-refractivity contribution is 5.47. The summed E-state index contributed by atoms with van der Waals surface area (Å²) < 4.78 is 0. The molecular weight excluding hydrogens is 152 g/mol. The lowest BCUT2D eigenvalue weighted by atomic mass is 9.96. The Balaban J connectivity index is 2.06. The van der Waals surface area contributed by atoms with Crippen LogP contribution in [0.3, 0.4) is 0 Å². The molecule has 1 N–H and O–H groups in total. The van der Waals surface area contributed by atoms with Gasteiger partial charge in [-0.2, -0.15) is 0 Å². The van der Waals surface area contributed by atoms with Gasteiger partial charge in [-0.15, -0.1) is 0 Å². The zero-order valence-corrected chi connectivity index (χ0v) is 6.99. The molecule has 0 saturated carbocycles. The summed E-state index contributed by atoms with van der Waals surface area (Å²) in [6.07, 6.45) is 4.48. The Bertz CT molecular complexity index is 263. The monoisotopic (exact) mass is 163 g/mol.